The third kappa shape index (κ3) is 5.05. The normalized spacial score (nSPS) is 21.0. The minimum atomic E-state index is -3.06. The smallest absolute Gasteiger partial charge is 0.221 e. The van der Waals surface area contributed by atoms with E-state index in [9.17, 15) is 17.6 Å². The molecule has 0 radical (unpaired) electrons. The molecule has 0 spiro atoms. The summed E-state index contributed by atoms with van der Waals surface area (Å²) in [5.41, 5.74) is 0.632. The van der Waals surface area contributed by atoms with Crippen LogP contribution in [0.1, 0.15) is 12.0 Å². The highest BCUT2D eigenvalue weighted by atomic mass is 79.9. The number of carbonyl (C=O) groups excluding carboxylic acids is 1. The molecule has 1 fully saturated rings. The van der Waals surface area contributed by atoms with E-state index in [4.69, 9.17) is 0 Å². The number of carbonyl (C=O) groups is 1. The minimum absolute atomic E-state index is 0.0237. The monoisotopic (exact) mass is 378 g/mol. The van der Waals surface area contributed by atoms with E-state index >= 15 is 0 Å². The standard InChI is InChI=1S/C13H16BrFN2O3S/c14-12-2-1-10(15)5-9(12)7-17-13(18)6-11-8-21(19,20)4-3-16-11/h1-2,5,11,16H,3-4,6-8H2,(H,17,18). The quantitative estimate of drug-likeness (QED) is 0.818. The van der Waals surface area contributed by atoms with Crippen LogP contribution >= 0.6 is 15.9 Å². The van der Waals surface area contributed by atoms with Gasteiger partial charge >= 0.3 is 0 Å². The van der Waals surface area contributed by atoms with Crippen molar-refractivity contribution in [3.05, 3.63) is 34.1 Å². The average molecular weight is 379 g/mol. The molecule has 0 aliphatic carbocycles. The van der Waals surface area contributed by atoms with Gasteiger partial charge in [-0.05, 0) is 23.8 Å². The molecule has 1 aromatic rings. The number of hydrogen-bond donors (Lipinski definition) is 2. The van der Waals surface area contributed by atoms with Gasteiger partial charge in [0.25, 0.3) is 0 Å². The fourth-order valence-electron chi connectivity index (χ4n) is 2.17. The lowest BCUT2D eigenvalue weighted by atomic mass is 10.2. The molecule has 1 heterocycles. The van der Waals surface area contributed by atoms with Crippen molar-refractivity contribution in [1.29, 1.82) is 0 Å². The van der Waals surface area contributed by atoms with Crippen LogP contribution in [0.4, 0.5) is 4.39 Å². The summed E-state index contributed by atoms with van der Waals surface area (Å²) in [7, 11) is -3.06. The van der Waals surface area contributed by atoms with Gasteiger partial charge in [0.05, 0.1) is 11.5 Å². The van der Waals surface area contributed by atoms with Gasteiger partial charge < -0.3 is 10.6 Å². The van der Waals surface area contributed by atoms with Crippen molar-refractivity contribution in [2.45, 2.75) is 19.0 Å². The van der Waals surface area contributed by atoms with Gasteiger partial charge in [0, 0.05) is 30.0 Å². The maximum atomic E-state index is 13.1. The zero-order valence-electron chi connectivity index (χ0n) is 11.2. The van der Waals surface area contributed by atoms with Gasteiger partial charge in [0.15, 0.2) is 9.84 Å². The first-order chi connectivity index (χ1) is 9.85. The average Bonchev–Trinajstić information content (AvgIpc) is 2.38. The Morgan fingerprint density at radius 2 is 2.24 bits per heavy atom. The summed E-state index contributed by atoms with van der Waals surface area (Å²) >= 11 is 3.28. The van der Waals surface area contributed by atoms with E-state index in [2.05, 4.69) is 26.6 Å². The lowest BCUT2D eigenvalue weighted by Gasteiger charge is -2.23. The van der Waals surface area contributed by atoms with Crippen molar-refractivity contribution in [1.82, 2.24) is 10.6 Å². The summed E-state index contributed by atoms with van der Waals surface area (Å²) in [6.07, 6.45) is 0.0894. The third-order valence-electron chi connectivity index (χ3n) is 3.22. The molecule has 2 N–H and O–H groups in total. The zero-order valence-corrected chi connectivity index (χ0v) is 13.6. The predicted molar refractivity (Wildman–Crippen MR) is 81.0 cm³/mol. The van der Waals surface area contributed by atoms with Gasteiger partial charge in [-0.2, -0.15) is 0 Å². The minimum Gasteiger partial charge on any atom is -0.352 e. The highest BCUT2D eigenvalue weighted by Crippen LogP contribution is 2.17. The summed E-state index contributed by atoms with van der Waals surface area (Å²) in [5.74, 6) is -0.547. The molecular weight excluding hydrogens is 363 g/mol. The number of hydrogen-bond acceptors (Lipinski definition) is 4. The molecule has 2 rings (SSSR count). The van der Waals surface area contributed by atoms with Crippen LogP contribution in [0.5, 0.6) is 0 Å². The van der Waals surface area contributed by atoms with Crippen LogP contribution in [0, 0.1) is 5.82 Å². The van der Waals surface area contributed by atoms with Crippen LogP contribution in [0.25, 0.3) is 0 Å². The molecule has 0 aromatic heterocycles. The molecule has 1 aliphatic heterocycles. The van der Waals surface area contributed by atoms with E-state index in [1.165, 1.54) is 12.1 Å². The number of amides is 1. The molecule has 116 valence electrons. The van der Waals surface area contributed by atoms with E-state index in [0.717, 1.165) is 0 Å². The predicted octanol–water partition coefficient (Wildman–Crippen LogP) is 0.981. The highest BCUT2D eigenvalue weighted by Gasteiger charge is 2.25. The Hall–Kier alpha value is -0.990. The van der Waals surface area contributed by atoms with Crippen LogP contribution in [-0.2, 0) is 21.2 Å². The Labute approximate surface area is 131 Å². The maximum Gasteiger partial charge on any atom is 0.221 e. The number of rotatable bonds is 4. The summed E-state index contributed by atoms with van der Waals surface area (Å²) in [6, 6.07) is 3.88. The molecule has 1 amide bonds. The lowest BCUT2D eigenvalue weighted by Crippen LogP contribution is -2.47. The second-order valence-electron chi connectivity index (χ2n) is 4.98. The van der Waals surface area contributed by atoms with Gasteiger partial charge in [-0.3, -0.25) is 4.79 Å². The van der Waals surface area contributed by atoms with Gasteiger partial charge in [-0.25, -0.2) is 12.8 Å². The first kappa shape index (κ1) is 16.4. The van der Waals surface area contributed by atoms with Crippen LogP contribution in [0.2, 0.25) is 0 Å². The van der Waals surface area contributed by atoms with Crippen LogP contribution in [0.15, 0.2) is 22.7 Å². The van der Waals surface area contributed by atoms with E-state index in [0.29, 0.717) is 16.6 Å². The first-order valence-corrected chi connectivity index (χ1v) is 9.11. The first-order valence-electron chi connectivity index (χ1n) is 6.50. The molecule has 1 aliphatic rings. The van der Waals surface area contributed by atoms with Gasteiger partial charge in [0.2, 0.25) is 5.91 Å². The number of halogens is 2. The van der Waals surface area contributed by atoms with Gasteiger partial charge in [-0.15, -0.1) is 0 Å². The summed E-state index contributed by atoms with van der Waals surface area (Å²) in [4.78, 5) is 11.8. The van der Waals surface area contributed by atoms with E-state index in [-0.39, 0.29) is 42.2 Å². The van der Waals surface area contributed by atoms with Crippen molar-refractivity contribution >= 4 is 31.7 Å². The number of sulfone groups is 1. The summed E-state index contributed by atoms with van der Waals surface area (Å²) in [5, 5.41) is 5.69. The van der Waals surface area contributed by atoms with Crippen LogP contribution < -0.4 is 10.6 Å². The summed E-state index contributed by atoms with van der Waals surface area (Å²) < 4.78 is 36.8. The Balaban J connectivity index is 1.86. The Kier molecular flexibility index (Phi) is 5.34. The summed E-state index contributed by atoms with van der Waals surface area (Å²) in [6.45, 7) is 0.562. The number of benzene rings is 1. The molecule has 5 nitrogen and oxygen atoms in total. The molecule has 8 heteroatoms. The molecule has 21 heavy (non-hydrogen) atoms. The molecular formula is C13H16BrFN2O3S. The second kappa shape index (κ2) is 6.85. The van der Waals surface area contributed by atoms with E-state index in [1.54, 1.807) is 6.07 Å². The second-order valence-corrected chi connectivity index (χ2v) is 8.07. The van der Waals surface area contributed by atoms with Crippen LogP contribution in [0.3, 0.4) is 0 Å². The van der Waals surface area contributed by atoms with Gasteiger partial charge in [0.1, 0.15) is 5.82 Å². The fourth-order valence-corrected chi connectivity index (χ4v) is 4.00. The Morgan fingerprint density at radius 1 is 1.48 bits per heavy atom. The number of nitrogens with one attached hydrogen (secondary N) is 2. The molecule has 0 bridgehead atoms. The Morgan fingerprint density at radius 3 is 2.95 bits per heavy atom. The molecule has 1 saturated heterocycles. The van der Waals surface area contributed by atoms with Crippen molar-refractivity contribution in [3.63, 3.8) is 0 Å². The molecule has 1 aromatic carbocycles. The lowest BCUT2D eigenvalue weighted by molar-refractivity contribution is -0.121. The van der Waals surface area contributed by atoms with Crippen LogP contribution in [-0.4, -0.2) is 38.4 Å². The fraction of sp³-hybridized carbons (Fsp3) is 0.462. The van der Waals surface area contributed by atoms with Crippen molar-refractivity contribution in [2.24, 2.45) is 0 Å². The van der Waals surface area contributed by atoms with Crippen molar-refractivity contribution < 1.29 is 17.6 Å². The largest absolute Gasteiger partial charge is 0.352 e. The highest BCUT2D eigenvalue weighted by molar-refractivity contribution is 9.10. The SMILES string of the molecule is O=C(CC1CS(=O)(=O)CCN1)NCc1cc(F)ccc1Br. The van der Waals surface area contributed by atoms with Crippen molar-refractivity contribution in [2.75, 3.05) is 18.1 Å². The topological polar surface area (TPSA) is 75.3 Å². The van der Waals surface area contributed by atoms with Crippen molar-refractivity contribution in [3.8, 4) is 0 Å². The zero-order chi connectivity index (χ0) is 15.5. The third-order valence-corrected chi connectivity index (χ3v) is 5.73. The van der Waals surface area contributed by atoms with E-state index < -0.39 is 9.84 Å². The van der Waals surface area contributed by atoms with Gasteiger partial charge in [-0.1, -0.05) is 15.9 Å². The molecule has 1 atom stereocenters. The van der Waals surface area contributed by atoms with E-state index in [1.807, 2.05) is 0 Å². The Bertz CT molecular complexity index is 636. The maximum absolute atomic E-state index is 13.1. The molecule has 0 saturated carbocycles. The molecule has 1 unspecified atom stereocenters.